The Bertz CT molecular complexity index is 1650. The molecule has 0 aliphatic heterocycles. The highest BCUT2D eigenvalue weighted by Crippen LogP contribution is 2.35. The van der Waals surface area contributed by atoms with E-state index in [9.17, 15) is 14.4 Å². The number of aromatic nitrogens is 5. The van der Waals surface area contributed by atoms with Gasteiger partial charge in [0.1, 0.15) is 30.8 Å². The molecule has 2 heterocycles. The Kier molecular flexibility index (Phi) is 8.22. The third kappa shape index (κ3) is 6.15. The number of ether oxygens (including phenoxy) is 3. The summed E-state index contributed by atoms with van der Waals surface area (Å²) in [5.41, 5.74) is 4.97. The zero-order chi connectivity index (χ0) is 28.8. The molecule has 0 radical (unpaired) electrons. The summed E-state index contributed by atoms with van der Waals surface area (Å²) in [4.78, 5) is 45.0. The van der Waals surface area contributed by atoms with Gasteiger partial charge in [-0.15, -0.1) is 5.10 Å². The molecule has 0 saturated heterocycles. The number of amidine groups is 1. The second-order valence-corrected chi connectivity index (χ2v) is 8.25. The van der Waals surface area contributed by atoms with Crippen molar-refractivity contribution in [3.05, 3.63) is 92.4 Å². The van der Waals surface area contributed by atoms with Crippen molar-refractivity contribution in [3.63, 3.8) is 0 Å². The first-order valence-corrected chi connectivity index (χ1v) is 11.8. The molecule has 208 valence electrons. The minimum absolute atomic E-state index is 0.0340. The fourth-order valence-electron chi connectivity index (χ4n) is 3.68. The summed E-state index contributed by atoms with van der Waals surface area (Å²) in [7, 11) is 1.38. The molecule has 1 atom stereocenters. The van der Waals surface area contributed by atoms with Crippen molar-refractivity contribution in [2.45, 2.75) is 13.0 Å². The number of benzene rings is 2. The van der Waals surface area contributed by atoms with Crippen LogP contribution in [0.2, 0.25) is 0 Å². The van der Waals surface area contributed by atoms with Gasteiger partial charge in [0.15, 0.2) is 17.4 Å². The van der Waals surface area contributed by atoms with Gasteiger partial charge in [0.25, 0.3) is 5.56 Å². The van der Waals surface area contributed by atoms with Crippen molar-refractivity contribution in [2.75, 3.05) is 25.6 Å². The highest BCUT2D eigenvalue weighted by Gasteiger charge is 2.27. The summed E-state index contributed by atoms with van der Waals surface area (Å²) in [5, 5.41) is 14.9. The number of nitrogen functional groups attached to an aromatic ring is 1. The maximum Gasteiger partial charge on any atom is 0.349 e. The first-order valence-electron chi connectivity index (χ1n) is 11.8. The topological polar surface area (TPSA) is 203 Å². The monoisotopic (exact) mass is 552 g/mol. The van der Waals surface area contributed by atoms with E-state index in [0.717, 1.165) is 4.68 Å². The molecule has 0 bridgehead atoms. The molecular weight excluding hydrogens is 527 g/mol. The zero-order valence-electron chi connectivity index (χ0n) is 21.4. The summed E-state index contributed by atoms with van der Waals surface area (Å²) >= 11 is 0. The summed E-state index contributed by atoms with van der Waals surface area (Å²) < 4.78 is 32.4. The summed E-state index contributed by atoms with van der Waals surface area (Å²) in [5.74, 6) is -1.80. The summed E-state index contributed by atoms with van der Waals surface area (Å²) in [6, 6.07) is 7.95. The molecular formula is C25H25FN8O6. The number of halogens is 1. The molecule has 0 aliphatic rings. The minimum Gasteiger partial charge on any atom is -0.497 e. The number of esters is 1. The van der Waals surface area contributed by atoms with Gasteiger partial charge >= 0.3 is 11.7 Å². The average Bonchev–Trinajstić information content (AvgIpc) is 3.32. The average molecular weight is 553 g/mol. The Hall–Kier alpha value is -5.47. The predicted octanol–water partition coefficient (Wildman–Crippen LogP) is 1.22. The van der Waals surface area contributed by atoms with Gasteiger partial charge in [0.05, 0.1) is 7.11 Å². The number of nitrogens with zero attached hydrogens (tertiary/aromatic N) is 3. The molecule has 6 N–H and O–H groups in total. The second-order valence-electron chi connectivity index (χ2n) is 8.25. The van der Waals surface area contributed by atoms with Crippen LogP contribution in [0.25, 0.3) is 5.82 Å². The van der Waals surface area contributed by atoms with Crippen LogP contribution in [-0.2, 0) is 9.53 Å². The molecule has 40 heavy (non-hydrogen) atoms. The third-order valence-corrected chi connectivity index (χ3v) is 5.54. The first-order chi connectivity index (χ1) is 19.2. The van der Waals surface area contributed by atoms with Crippen LogP contribution >= 0.6 is 0 Å². The van der Waals surface area contributed by atoms with Crippen molar-refractivity contribution >= 4 is 17.5 Å². The quantitative estimate of drug-likeness (QED) is 0.0779. The molecule has 0 saturated carbocycles. The van der Waals surface area contributed by atoms with Crippen molar-refractivity contribution in [1.82, 2.24) is 24.7 Å². The first kappa shape index (κ1) is 27.6. The molecule has 0 amide bonds. The summed E-state index contributed by atoms with van der Waals surface area (Å²) in [6.45, 7) is 0.992. The van der Waals surface area contributed by atoms with Crippen molar-refractivity contribution in [1.29, 1.82) is 5.41 Å². The maximum absolute atomic E-state index is 15.9. The number of aromatic amines is 2. The molecule has 4 aromatic rings. The molecule has 0 aliphatic carbocycles. The van der Waals surface area contributed by atoms with Gasteiger partial charge in [-0.25, -0.2) is 14.2 Å². The molecule has 0 fully saturated rings. The van der Waals surface area contributed by atoms with E-state index < -0.39 is 29.1 Å². The number of nitrogens with two attached hydrogens (primary N) is 1. The fourth-order valence-corrected chi connectivity index (χ4v) is 3.68. The van der Waals surface area contributed by atoms with Gasteiger partial charge in [0.2, 0.25) is 5.82 Å². The van der Waals surface area contributed by atoms with Crippen LogP contribution in [0.15, 0.2) is 58.4 Å². The molecule has 15 heteroatoms. The number of methoxy groups -OCH3 is 1. The molecule has 0 spiro atoms. The Morgan fingerprint density at radius 2 is 1.98 bits per heavy atom. The lowest BCUT2D eigenvalue weighted by molar-refractivity contribution is -0.141. The van der Waals surface area contributed by atoms with Crippen molar-refractivity contribution < 1.29 is 23.4 Å². The number of H-pyrrole nitrogens is 2. The smallest absolute Gasteiger partial charge is 0.349 e. The van der Waals surface area contributed by atoms with E-state index in [1.807, 2.05) is 0 Å². The van der Waals surface area contributed by atoms with Gasteiger partial charge in [-0.3, -0.25) is 20.0 Å². The summed E-state index contributed by atoms with van der Waals surface area (Å²) in [6.07, 6.45) is 2.58. The standard InChI is InChI=1S/C25H25FN8O6/c1-13(35)39-9-10-40-18-12-16(38-2)11-17(19(18)26)20(31-15-5-3-14(4-6-15)21(27)28)22-32-25(37)34(33-22)23-24(36)30-8-7-29-23/h3-8,11-12,20,31H,9-10H2,1-2H3,(H3,27,28)(H,30,36)(H,32,33,37). The Labute approximate surface area is 225 Å². The van der Waals surface area contributed by atoms with Crippen LogP contribution in [0.5, 0.6) is 11.5 Å². The lowest BCUT2D eigenvalue weighted by Gasteiger charge is -2.21. The third-order valence-electron chi connectivity index (χ3n) is 5.54. The van der Waals surface area contributed by atoms with Crippen LogP contribution < -0.4 is 31.8 Å². The van der Waals surface area contributed by atoms with E-state index in [2.05, 4.69) is 25.4 Å². The van der Waals surface area contributed by atoms with Crippen LogP contribution in [0, 0.1) is 11.2 Å². The lowest BCUT2D eigenvalue weighted by Crippen LogP contribution is -2.25. The number of anilines is 1. The van der Waals surface area contributed by atoms with Crippen LogP contribution in [0.4, 0.5) is 10.1 Å². The van der Waals surface area contributed by atoms with Crippen LogP contribution in [0.3, 0.4) is 0 Å². The van der Waals surface area contributed by atoms with Gasteiger partial charge in [-0.05, 0) is 30.3 Å². The molecule has 2 aromatic carbocycles. The Morgan fingerprint density at radius 1 is 1.23 bits per heavy atom. The van der Waals surface area contributed by atoms with Crippen LogP contribution in [-0.4, -0.2) is 56.9 Å². The van der Waals surface area contributed by atoms with E-state index in [-0.39, 0.29) is 47.8 Å². The largest absolute Gasteiger partial charge is 0.497 e. The number of carbonyl (C=O) groups excluding carboxylic acids is 1. The Balaban J connectivity index is 1.80. The van der Waals surface area contributed by atoms with E-state index in [4.69, 9.17) is 25.4 Å². The van der Waals surface area contributed by atoms with E-state index in [0.29, 0.717) is 11.3 Å². The molecule has 1 unspecified atom stereocenters. The van der Waals surface area contributed by atoms with Gasteiger partial charge in [0, 0.05) is 42.2 Å². The number of nitrogens with one attached hydrogen (secondary N) is 4. The van der Waals surface area contributed by atoms with Crippen molar-refractivity contribution in [2.24, 2.45) is 5.73 Å². The fraction of sp³-hybridized carbons (Fsp3) is 0.200. The normalized spacial score (nSPS) is 11.5. The minimum atomic E-state index is -1.15. The highest BCUT2D eigenvalue weighted by molar-refractivity contribution is 5.95. The van der Waals surface area contributed by atoms with Gasteiger partial charge in [-0.1, -0.05) is 0 Å². The van der Waals surface area contributed by atoms with Gasteiger partial charge < -0.3 is 30.2 Å². The molecule has 4 rings (SSSR count). The van der Waals surface area contributed by atoms with Gasteiger partial charge in [-0.2, -0.15) is 4.68 Å². The maximum atomic E-state index is 15.9. The van der Waals surface area contributed by atoms with Crippen LogP contribution in [0.1, 0.15) is 29.9 Å². The number of carbonyl (C=O) groups is 1. The molecule has 2 aromatic heterocycles. The lowest BCUT2D eigenvalue weighted by atomic mass is 10.0. The number of hydrogen-bond acceptors (Lipinski definition) is 10. The SMILES string of the molecule is COc1cc(OCCOC(C)=O)c(F)c(C(Nc2ccc(C(=N)N)cc2)c2nn(-c3ncc[nH]c3=O)c(=O)[nH]2)c1. The zero-order valence-corrected chi connectivity index (χ0v) is 21.4. The Morgan fingerprint density at radius 3 is 2.62 bits per heavy atom. The number of rotatable bonds is 11. The van der Waals surface area contributed by atoms with E-state index in [1.54, 1.807) is 24.3 Å². The number of hydrogen-bond donors (Lipinski definition) is 5. The second kappa shape index (κ2) is 11.9. The highest BCUT2D eigenvalue weighted by atomic mass is 19.1. The predicted molar refractivity (Wildman–Crippen MR) is 141 cm³/mol. The van der Waals surface area contributed by atoms with Crippen molar-refractivity contribution in [3.8, 4) is 17.3 Å². The van der Waals surface area contributed by atoms with E-state index in [1.165, 1.54) is 38.6 Å². The molecule has 14 nitrogen and oxygen atoms in total. The van der Waals surface area contributed by atoms with E-state index >= 15 is 4.39 Å².